The van der Waals surface area contributed by atoms with Gasteiger partial charge >= 0.3 is 0 Å². The molecule has 4 nitrogen and oxygen atoms in total. The summed E-state index contributed by atoms with van der Waals surface area (Å²) in [7, 11) is 1.78. The molecule has 3 aromatic rings. The van der Waals surface area contributed by atoms with Gasteiger partial charge in [0.05, 0.1) is 11.6 Å². The predicted molar refractivity (Wildman–Crippen MR) is 141 cm³/mol. The third-order valence-corrected chi connectivity index (χ3v) is 7.57. The summed E-state index contributed by atoms with van der Waals surface area (Å²) in [5.41, 5.74) is 3.27. The monoisotopic (exact) mass is 489 g/mol. The number of para-hydroxylation sites is 1. The van der Waals surface area contributed by atoms with Crippen molar-refractivity contribution in [1.29, 1.82) is 0 Å². The largest absolute Gasteiger partial charge is 0.507 e. The highest BCUT2D eigenvalue weighted by Crippen LogP contribution is 2.60. The summed E-state index contributed by atoms with van der Waals surface area (Å²) >= 11 is 6.46. The molecule has 5 heteroatoms. The molecule has 0 unspecified atom stereocenters. The zero-order valence-corrected chi connectivity index (χ0v) is 22.1. The van der Waals surface area contributed by atoms with Crippen LogP contribution in [0.4, 0.5) is 5.69 Å². The van der Waals surface area contributed by atoms with E-state index in [4.69, 9.17) is 16.3 Å². The number of ether oxygens (including phenoxy) is 1. The van der Waals surface area contributed by atoms with E-state index in [1.165, 1.54) is 0 Å². The number of carbonyl (C=O) groups is 1. The van der Waals surface area contributed by atoms with Crippen LogP contribution in [0.3, 0.4) is 0 Å². The van der Waals surface area contributed by atoms with Crippen LogP contribution in [0.1, 0.15) is 75.3 Å². The van der Waals surface area contributed by atoms with Gasteiger partial charge in [0.25, 0.3) is 5.91 Å². The number of benzene rings is 3. The Hall–Kier alpha value is -2.98. The van der Waals surface area contributed by atoms with E-state index in [0.717, 1.165) is 33.5 Å². The van der Waals surface area contributed by atoms with Crippen molar-refractivity contribution < 1.29 is 14.6 Å². The number of fused-ring (bicyclic) bond motifs is 3. The van der Waals surface area contributed by atoms with Gasteiger partial charge in [-0.2, -0.15) is 0 Å². The van der Waals surface area contributed by atoms with Gasteiger partial charge in [-0.25, -0.2) is 0 Å². The maximum absolute atomic E-state index is 14.1. The summed E-state index contributed by atoms with van der Waals surface area (Å²) in [6, 6.07) is 17.5. The number of likely N-dealkylation sites (N-methyl/N-ethyl adjacent to an activating group) is 1. The molecule has 2 atom stereocenters. The van der Waals surface area contributed by atoms with E-state index < -0.39 is 11.5 Å². The number of phenols is 1. The fraction of sp³-hybridized carbons (Fsp3) is 0.367. The molecule has 0 aliphatic carbocycles. The van der Waals surface area contributed by atoms with Crippen LogP contribution in [-0.4, -0.2) is 18.1 Å². The molecular formula is C30H32ClNO3. The number of aromatic hydroxyl groups is 1. The van der Waals surface area contributed by atoms with E-state index in [0.29, 0.717) is 16.5 Å². The molecule has 35 heavy (non-hydrogen) atoms. The van der Waals surface area contributed by atoms with Crippen LogP contribution < -0.4 is 9.64 Å². The lowest BCUT2D eigenvalue weighted by molar-refractivity contribution is -0.132. The number of nitrogens with zero attached hydrogens (tertiary/aromatic N) is 1. The molecule has 0 bridgehead atoms. The highest BCUT2D eigenvalue weighted by molar-refractivity contribution is 6.31. The number of halogens is 1. The normalized spacial score (nSPS) is 21.3. The minimum Gasteiger partial charge on any atom is -0.507 e. The number of hydrogen-bond acceptors (Lipinski definition) is 3. The summed E-state index contributed by atoms with van der Waals surface area (Å²) in [5.74, 6) is 0.470. The molecule has 1 spiro atoms. The van der Waals surface area contributed by atoms with Gasteiger partial charge in [0.1, 0.15) is 11.5 Å². The second kappa shape index (κ2) is 7.51. The number of carbonyl (C=O) groups excluding carboxylic acids is 1. The van der Waals surface area contributed by atoms with Gasteiger partial charge in [-0.15, -0.1) is 0 Å². The number of phenolic OH excluding ortho intramolecular Hbond substituents is 1. The minimum atomic E-state index is -1.28. The minimum absolute atomic E-state index is 0.126. The summed E-state index contributed by atoms with van der Waals surface area (Å²) < 4.78 is 6.66. The van der Waals surface area contributed by atoms with Crippen molar-refractivity contribution in [3.8, 4) is 11.5 Å². The predicted octanol–water partition coefficient (Wildman–Crippen LogP) is 7.04. The third-order valence-electron chi connectivity index (χ3n) is 7.33. The van der Waals surface area contributed by atoms with E-state index in [-0.39, 0.29) is 16.7 Å². The van der Waals surface area contributed by atoms with Crippen LogP contribution in [0.25, 0.3) is 0 Å². The van der Waals surface area contributed by atoms with Gasteiger partial charge in [0, 0.05) is 23.2 Å². The van der Waals surface area contributed by atoms with E-state index in [2.05, 4.69) is 53.7 Å². The van der Waals surface area contributed by atoms with E-state index in [9.17, 15) is 9.90 Å². The van der Waals surface area contributed by atoms with E-state index in [1.807, 2.05) is 36.4 Å². The van der Waals surface area contributed by atoms with Crippen LogP contribution in [0.15, 0.2) is 54.6 Å². The topological polar surface area (TPSA) is 49.8 Å². The van der Waals surface area contributed by atoms with Crippen LogP contribution in [-0.2, 0) is 21.2 Å². The molecule has 2 aliphatic rings. The Morgan fingerprint density at radius 2 is 1.54 bits per heavy atom. The Labute approximate surface area is 212 Å². The molecule has 2 heterocycles. The standard InChI is InChI=1S/C30H32ClNO3/c1-28(2,3)21-14-17(15-22(26(21)33)29(4,5)6)25-19-10-8-9-11-24(19)35-30(25)20-16-18(31)12-13-23(20)32(7)27(30)34/h8-16,25,33H,1-7H3/t25-,30+/m1/s1. The van der Waals surface area contributed by atoms with E-state index in [1.54, 1.807) is 18.0 Å². The molecule has 5 rings (SSSR count). The van der Waals surface area contributed by atoms with Gasteiger partial charge < -0.3 is 14.7 Å². The quantitative estimate of drug-likeness (QED) is 0.399. The molecule has 182 valence electrons. The fourth-order valence-corrected chi connectivity index (χ4v) is 5.77. The van der Waals surface area contributed by atoms with Crippen molar-refractivity contribution in [3.05, 3.63) is 87.4 Å². The van der Waals surface area contributed by atoms with Crippen molar-refractivity contribution >= 4 is 23.2 Å². The van der Waals surface area contributed by atoms with Crippen molar-refractivity contribution in [2.45, 2.75) is 63.9 Å². The molecule has 1 N–H and O–H groups in total. The number of anilines is 1. The fourth-order valence-electron chi connectivity index (χ4n) is 5.59. The first kappa shape index (κ1) is 23.7. The van der Waals surface area contributed by atoms with Crippen LogP contribution in [0.2, 0.25) is 5.02 Å². The van der Waals surface area contributed by atoms with Gasteiger partial charge in [-0.05, 0) is 51.8 Å². The summed E-state index contributed by atoms with van der Waals surface area (Å²) in [5, 5.41) is 11.9. The summed E-state index contributed by atoms with van der Waals surface area (Å²) in [6.45, 7) is 12.6. The first-order valence-corrected chi connectivity index (χ1v) is 12.4. The smallest absolute Gasteiger partial charge is 0.276 e. The Kier molecular flexibility index (Phi) is 5.09. The van der Waals surface area contributed by atoms with Gasteiger partial charge in [-0.3, -0.25) is 4.79 Å². The van der Waals surface area contributed by atoms with Crippen molar-refractivity contribution in [3.63, 3.8) is 0 Å². The maximum atomic E-state index is 14.1. The second-order valence-electron chi connectivity index (χ2n) is 11.8. The molecule has 2 aliphatic heterocycles. The van der Waals surface area contributed by atoms with Crippen molar-refractivity contribution in [1.82, 2.24) is 0 Å². The van der Waals surface area contributed by atoms with Crippen molar-refractivity contribution in [2.24, 2.45) is 0 Å². The van der Waals surface area contributed by atoms with Crippen LogP contribution in [0, 0.1) is 0 Å². The highest BCUT2D eigenvalue weighted by Gasteiger charge is 2.62. The van der Waals surface area contributed by atoms with Gasteiger partial charge in [0.15, 0.2) is 0 Å². The lowest BCUT2D eigenvalue weighted by Gasteiger charge is -2.33. The lowest BCUT2D eigenvalue weighted by atomic mass is 9.71. The maximum Gasteiger partial charge on any atom is 0.276 e. The Morgan fingerprint density at radius 3 is 2.14 bits per heavy atom. The molecule has 0 saturated heterocycles. The molecular weight excluding hydrogens is 458 g/mol. The third kappa shape index (κ3) is 3.37. The average molecular weight is 490 g/mol. The second-order valence-corrected chi connectivity index (χ2v) is 12.2. The Morgan fingerprint density at radius 1 is 0.943 bits per heavy atom. The number of rotatable bonds is 1. The van der Waals surface area contributed by atoms with Gasteiger partial charge in [0.2, 0.25) is 5.60 Å². The molecule has 3 aromatic carbocycles. The van der Waals surface area contributed by atoms with E-state index >= 15 is 0 Å². The first-order valence-electron chi connectivity index (χ1n) is 12.0. The number of hydrogen-bond donors (Lipinski definition) is 1. The first-order chi connectivity index (χ1) is 16.3. The molecule has 0 radical (unpaired) electrons. The zero-order valence-electron chi connectivity index (χ0n) is 21.4. The number of amides is 1. The average Bonchev–Trinajstić information content (AvgIpc) is 3.21. The lowest BCUT2D eigenvalue weighted by Crippen LogP contribution is -2.45. The summed E-state index contributed by atoms with van der Waals surface area (Å²) in [6.07, 6.45) is 0. The summed E-state index contributed by atoms with van der Waals surface area (Å²) in [4.78, 5) is 15.8. The van der Waals surface area contributed by atoms with Crippen LogP contribution in [0.5, 0.6) is 11.5 Å². The molecule has 0 saturated carbocycles. The zero-order chi connectivity index (χ0) is 25.5. The van der Waals surface area contributed by atoms with Crippen LogP contribution >= 0.6 is 11.6 Å². The SMILES string of the molecule is CN1C(=O)[C@]2(Oc3ccccc3[C@H]2c2cc(C(C)(C)C)c(O)c(C(C)(C)C)c2)c2cc(Cl)ccc21. The van der Waals surface area contributed by atoms with Gasteiger partial charge in [-0.1, -0.05) is 83.5 Å². The Balaban J connectivity index is 1.87. The molecule has 1 amide bonds. The molecule has 0 fully saturated rings. The van der Waals surface area contributed by atoms with Crippen molar-refractivity contribution in [2.75, 3.05) is 11.9 Å². The Bertz CT molecular complexity index is 1330. The highest BCUT2D eigenvalue weighted by atomic mass is 35.5. The molecule has 0 aromatic heterocycles.